The molecule has 1 aliphatic heterocycles. The van der Waals surface area contributed by atoms with E-state index in [9.17, 15) is 39.0 Å². The van der Waals surface area contributed by atoms with Gasteiger partial charge in [-0.3, -0.25) is 13.8 Å². The molecule has 2 unspecified atom stereocenters. The highest BCUT2D eigenvalue weighted by atomic mass is 31.3. The average Bonchev–Trinajstić information content (AvgIpc) is 3.16. The molecule has 1 heterocycles. The van der Waals surface area contributed by atoms with Crippen LogP contribution in [-0.2, 0) is 32.0 Å². The van der Waals surface area contributed by atoms with Crippen molar-refractivity contribution in [2.75, 3.05) is 13.2 Å². The van der Waals surface area contributed by atoms with E-state index in [1.807, 2.05) is 6.92 Å². The number of phosphoric ester groups is 2. The minimum Gasteiger partial charge on any atom is -0.394 e. The van der Waals surface area contributed by atoms with Gasteiger partial charge in [0.2, 0.25) is 5.91 Å². The van der Waals surface area contributed by atoms with Gasteiger partial charge in [0.05, 0.1) is 13.2 Å². The first kappa shape index (κ1) is 58.5. The summed E-state index contributed by atoms with van der Waals surface area (Å²) in [6.45, 7) is 19.3. The van der Waals surface area contributed by atoms with Crippen molar-refractivity contribution in [3.05, 3.63) is 93.2 Å². The molecule has 0 aliphatic carbocycles. The Morgan fingerprint density at radius 2 is 0.905 bits per heavy atom. The fourth-order valence-corrected chi connectivity index (χ4v) is 8.81. The maximum absolute atomic E-state index is 12.6. The quantitative estimate of drug-likeness (QED) is 0.0294. The number of hydrogen-bond acceptors (Lipinski definition) is 10. The van der Waals surface area contributed by atoms with Crippen LogP contribution in [0.1, 0.15) is 159 Å². The molecule has 0 aromatic carbocycles. The molecular formula is C48H81NO12P2. The van der Waals surface area contributed by atoms with E-state index in [2.05, 4.69) is 108 Å². The lowest BCUT2D eigenvalue weighted by atomic mass is 9.97. The van der Waals surface area contributed by atoms with Gasteiger partial charge in [0.15, 0.2) is 6.29 Å². The van der Waals surface area contributed by atoms with E-state index in [-0.39, 0.29) is 0 Å². The predicted octanol–water partition coefficient (Wildman–Crippen LogP) is 11.2. The van der Waals surface area contributed by atoms with Gasteiger partial charge in [0.1, 0.15) is 24.4 Å². The van der Waals surface area contributed by atoms with Crippen LogP contribution < -0.4 is 5.32 Å². The molecule has 0 bridgehead atoms. The summed E-state index contributed by atoms with van der Waals surface area (Å²) >= 11 is 0. The Kier molecular flexibility index (Phi) is 29.2. The van der Waals surface area contributed by atoms with Crippen LogP contribution in [0.25, 0.3) is 0 Å². The number of hydrogen-bond donors (Lipinski definition) is 6. The highest BCUT2D eigenvalue weighted by Crippen LogP contribution is 2.61. The second-order valence-electron chi connectivity index (χ2n) is 17.3. The molecule has 0 saturated carbocycles. The number of nitrogens with one attached hydrogen (secondary N) is 1. The molecule has 0 aromatic heterocycles. The summed E-state index contributed by atoms with van der Waals surface area (Å²) in [6.07, 6.45) is 25.4. The van der Waals surface area contributed by atoms with Crippen molar-refractivity contribution in [3.63, 3.8) is 0 Å². The number of carbonyl (C=O) groups excluding carboxylic acids is 1. The second-order valence-corrected chi connectivity index (χ2v) is 20.3. The lowest BCUT2D eigenvalue weighted by Gasteiger charge is -2.42. The Morgan fingerprint density at radius 1 is 0.556 bits per heavy atom. The summed E-state index contributed by atoms with van der Waals surface area (Å²) in [5.41, 5.74) is 10.8. The lowest BCUT2D eigenvalue weighted by molar-refractivity contribution is -0.247. The molecule has 6 N–H and O–H groups in total. The van der Waals surface area contributed by atoms with E-state index < -0.39 is 65.4 Å². The van der Waals surface area contributed by atoms with Crippen LogP contribution in [0.15, 0.2) is 93.2 Å². The molecule has 360 valence electrons. The summed E-state index contributed by atoms with van der Waals surface area (Å²) in [5, 5.41) is 32.0. The summed E-state index contributed by atoms with van der Waals surface area (Å²) in [7, 11) is -10.6. The molecule has 1 amide bonds. The Hall–Kier alpha value is -2.51. The highest BCUT2D eigenvalue weighted by Gasteiger charge is 2.49. The maximum atomic E-state index is 12.6. The second kappa shape index (κ2) is 31.4. The van der Waals surface area contributed by atoms with Gasteiger partial charge in [0.25, 0.3) is 0 Å². The highest BCUT2D eigenvalue weighted by molar-refractivity contribution is 7.61. The van der Waals surface area contributed by atoms with E-state index >= 15 is 0 Å². The summed E-state index contributed by atoms with van der Waals surface area (Å²) in [5.74, 6) is -0.707. The Labute approximate surface area is 379 Å². The number of allylic oxidation sites excluding steroid dienone is 15. The fraction of sp³-hybridized carbons (Fsp3) is 0.646. The van der Waals surface area contributed by atoms with Crippen LogP contribution in [0.3, 0.4) is 0 Å². The van der Waals surface area contributed by atoms with Gasteiger partial charge >= 0.3 is 15.6 Å². The molecule has 1 saturated heterocycles. The Bertz CT molecular complexity index is 1750. The van der Waals surface area contributed by atoms with Crippen LogP contribution in [0.4, 0.5) is 0 Å². The van der Waals surface area contributed by atoms with Gasteiger partial charge in [-0.1, -0.05) is 93.2 Å². The average molecular weight is 926 g/mol. The molecule has 7 atom stereocenters. The van der Waals surface area contributed by atoms with Crippen LogP contribution >= 0.6 is 15.6 Å². The van der Waals surface area contributed by atoms with E-state index in [0.717, 1.165) is 96.0 Å². The first-order valence-corrected chi connectivity index (χ1v) is 25.3. The SMILES string of the molecule is CC(=O)N[C@H]1[C@@H](OP(=O)(O)OP(=O)(O)OC/C=C(/C)CC/C=C(/C)CC/C=C(/C)CC/C=C(/C)CC/C=C(/C)CC/C=C(/C)CC/C=C(/C)CCC=C(C)C)O[C@H](CO)[C@@H](O)[C@@H]1O. The van der Waals surface area contributed by atoms with Crippen molar-refractivity contribution in [2.45, 2.75) is 190 Å². The van der Waals surface area contributed by atoms with Crippen LogP contribution in [0.5, 0.6) is 0 Å². The zero-order chi connectivity index (χ0) is 47.6. The van der Waals surface area contributed by atoms with Crippen LogP contribution in [-0.4, -0.2) is 74.9 Å². The number of carbonyl (C=O) groups is 1. The Balaban J connectivity index is 2.39. The minimum atomic E-state index is -5.41. The minimum absolute atomic E-state index is 0.405. The van der Waals surface area contributed by atoms with Crippen molar-refractivity contribution >= 4 is 21.6 Å². The number of phosphoric acid groups is 2. The van der Waals surface area contributed by atoms with Crippen molar-refractivity contribution in [1.29, 1.82) is 0 Å². The van der Waals surface area contributed by atoms with E-state index in [0.29, 0.717) is 6.42 Å². The molecule has 63 heavy (non-hydrogen) atoms. The van der Waals surface area contributed by atoms with Crippen LogP contribution in [0, 0.1) is 0 Å². The molecule has 13 nitrogen and oxygen atoms in total. The molecule has 1 rings (SSSR count). The van der Waals surface area contributed by atoms with Crippen molar-refractivity contribution < 1.29 is 57.1 Å². The fourth-order valence-electron chi connectivity index (χ4n) is 6.72. The monoisotopic (exact) mass is 926 g/mol. The predicted molar refractivity (Wildman–Crippen MR) is 254 cm³/mol. The molecule has 0 radical (unpaired) electrons. The zero-order valence-corrected chi connectivity index (χ0v) is 41.6. The third-order valence-corrected chi connectivity index (χ3v) is 13.2. The molecule has 0 aromatic rings. The van der Waals surface area contributed by atoms with Crippen LogP contribution in [0.2, 0.25) is 0 Å². The van der Waals surface area contributed by atoms with E-state index in [1.165, 1.54) is 39.0 Å². The smallest absolute Gasteiger partial charge is 0.394 e. The first-order chi connectivity index (χ1) is 29.5. The molecule has 1 fully saturated rings. The van der Waals surface area contributed by atoms with Crippen molar-refractivity contribution in [3.8, 4) is 0 Å². The third kappa shape index (κ3) is 28.2. The summed E-state index contributed by atoms with van der Waals surface area (Å²) in [6, 6.07) is -1.58. The standard InChI is InChI=1S/C48H81NO12P2/c1-35(2)18-11-19-36(3)20-12-21-37(4)22-13-23-38(5)24-14-25-39(6)26-15-27-40(7)28-16-29-41(8)30-17-31-42(9)32-33-58-62(54,55)61-63(56,57)60-48-45(49-43(10)51)47(53)46(52)44(34-50)59-48/h18,20,22,24,26,28,30,32,44-48,50,52-53H,11-17,19,21,23,25,27,29,31,33-34H2,1-10H3,(H,49,51)(H,54,55)(H,56,57)/b36-20-,37-22-,38-24-,39-26-,40-28-,41-30-,42-32-/t44-,45-,46-,47-,48-/m1/s1. The number of rotatable bonds is 30. The van der Waals surface area contributed by atoms with Gasteiger partial charge in [-0.25, -0.2) is 9.13 Å². The number of aliphatic hydroxyl groups excluding tert-OH is 3. The van der Waals surface area contributed by atoms with Gasteiger partial charge in [0, 0.05) is 6.92 Å². The van der Waals surface area contributed by atoms with Gasteiger partial charge in [-0.15, -0.1) is 0 Å². The molecule has 0 spiro atoms. The summed E-state index contributed by atoms with van der Waals surface area (Å²) in [4.78, 5) is 31.8. The largest absolute Gasteiger partial charge is 0.483 e. The zero-order valence-electron chi connectivity index (χ0n) is 39.8. The van der Waals surface area contributed by atoms with Gasteiger partial charge in [-0.05, 0) is 152 Å². The number of amides is 1. The third-order valence-electron chi connectivity index (χ3n) is 10.6. The number of aliphatic hydroxyl groups is 3. The van der Waals surface area contributed by atoms with E-state index in [1.54, 1.807) is 6.08 Å². The maximum Gasteiger partial charge on any atom is 0.483 e. The van der Waals surface area contributed by atoms with E-state index in [4.69, 9.17) is 13.8 Å². The molecule has 1 aliphatic rings. The molecular weight excluding hydrogens is 844 g/mol. The normalized spacial score (nSPS) is 23.0. The van der Waals surface area contributed by atoms with Crippen molar-refractivity contribution in [1.82, 2.24) is 5.32 Å². The first-order valence-electron chi connectivity index (χ1n) is 22.4. The Morgan fingerprint density at radius 3 is 1.24 bits per heavy atom. The number of ether oxygens (including phenoxy) is 1. The molecule has 15 heteroatoms. The lowest BCUT2D eigenvalue weighted by Crippen LogP contribution is -2.64. The van der Waals surface area contributed by atoms with Crippen molar-refractivity contribution in [2.24, 2.45) is 0 Å². The summed E-state index contributed by atoms with van der Waals surface area (Å²) < 4.78 is 44.3. The topological polar surface area (TPSA) is 201 Å². The van der Waals surface area contributed by atoms with Gasteiger partial charge in [-0.2, -0.15) is 4.31 Å². The van der Waals surface area contributed by atoms with Gasteiger partial charge < -0.3 is 35.2 Å².